The Kier molecular flexibility index (Phi) is 5.54. The van der Waals surface area contributed by atoms with Crippen LogP contribution in [0.1, 0.15) is 27.2 Å². The molecule has 0 aromatic rings. The highest BCUT2D eigenvalue weighted by Crippen LogP contribution is 2.01. The smallest absolute Gasteiger partial charge is 0.212 e. The molecule has 6 heteroatoms. The van der Waals surface area contributed by atoms with Crippen molar-refractivity contribution in [3.05, 3.63) is 0 Å². The summed E-state index contributed by atoms with van der Waals surface area (Å²) in [7, 11) is -3.25. The van der Waals surface area contributed by atoms with Crippen LogP contribution >= 0.6 is 12.2 Å². The molecule has 0 radical (unpaired) electrons. The number of nitrogens with one attached hydrogen (secondary N) is 1. The highest BCUT2D eigenvalue weighted by Gasteiger charge is 2.19. The van der Waals surface area contributed by atoms with Crippen LogP contribution in [0.25, 0.3) is 0 Å². The molecule has 0 saturated heterocycles. The first-order valence-corrected chi connectivity index (χ1v) is 6.64. The second-order valence-electron chi connectivity index (χ2n) is 3.66. The summed E-state index contributed by atoms with van der Waals surface area (Å²) in [6.45, 7) is 5.53. The number of sulfonamides is 1. The van der Waals surface area contributed by atoms with Crippen molar-refractivity contribution in [1.82, 2.24) is 4.72 Å². The fourth-order valence-electron chi connectivity index (χ4n) is 1.05. The maximum absolute atomic E-state index is 11.5. The van der Waals surface area contributed by atoms with Gasteiger partial charge in [0.05, 0.1) is 16.8 Å². The number of hydrogen-bond donors (Lipinski definition) is 2. The van der Waals surface area contributed by atoms with Crippen LogP contribution in [0.2, 0.25) is 0 Å². The van der Waals surface area contributed by atoms with Crippen molar-refractivity contribution < 1.29 is 8.42 Å². The van der Waals surface area contributed by atoms with E-state index in [2.05, 4.69) is 4.72 Å². The van der Waals surface area contributed by atoms with Crippen LogP contribution in [0, 0.1) is 5.92 Å². The maximum atomic E-state index is 11.5. The van der Waals surface area contributed by atoms with Gasteiger partial charge in [-0.3, -0.25) is 0 Å². The monoisotopic (exact) mass is 238 g/mol. The van der Waals surface area contributed by atoms with Crippen molar-refractivity contribution >= 4 is 27.2 Å². The van der Waals surface area contributed by atoms with E-state index in [1.807, 2.05) is 20.8 Å². The second-order valence-corrected chi connectivity index (χ2v) is 5.93. The molecule has 0 saturated carbocycles. The first-order valence-electron chi connectivity index (χ1n) is 4.57. The average Bonchev–Trinajstić information content (AvgIpc) is 1.97. The molecule has 14 heavy (non-hydrogen) atoms. The summed E-state index contributed by atoms with van der Waals surface area (Å²) in [6, 6.07) is -0.422. The molecule has 0 heterocycles. The summed E-state index contributed by atoms with van der Waals surface area (Å²) >= 11 is 4.75. The molecule has 0 rings (SSSR count). The first-order chi connectivity index (χ1) is 6.28. The Morgan fingerprint density at radius 3 is 2.29 bits per heavy atom. The quantitative estimate of drug-likeness (QED) is 0.666. The van der Waals surface area contributed by atoms with Crippen LogP contribution in [0.3, 0.4) is 0 Å². The number of hydrogen-bond acceptors (Lipinski definition) is 3. The van der Waals surface area contributed by atoms with Crippen LogP contribution in [0.4, 0.5) is 0 Å². The van der Waals surface area contributed by atoms with E-state index in [0.717, 1.165) is 0 Å². The summed E-state index contributed by atoms with van der Waals surface area (Å²) in [5.41, 5.74) is 5.39. The fraction of sp³-hybridized carbons (Fsp3) is 0.875. The number of rotatable bonds is 6. The van der Waals surface area contributed by atoms with E-state index >= 15 is 0 Å². The van der Waals surface area contributed by atoms with Crippen LogP contribution in [0.5, 0.6) is 0 Å². The van der Waals surface area contributed by atoms with Crippen LogP contribution in [0.15, 0.2) is 0 Å². The zero-order chi connectivity index (χ0) is 11.4. The topological polar surface area (TPSA) is 72.2 Å². The number of nitrogens with two attached hydrogens (primary N) is 1. The van der Waals surface area contributed by atoms with E-state index in [1.54, 1.807) is 0 Å². The third-order valence-corrected chi connectivity index (χ3v) is 3.66. The first kappa shape index (κ1) is 13.8. The molecular weight excluding hydrogens is 220 g/mol. The Bertz CT molecular complexity index is 286. The lowest BCUT2D eigenvalue weighted by molar-refractivity contribution is 0.560. The van der Waals surface area contributed by atoms with Gasteiger partial charge in [0, 0.05) is 0 Å². The van der Waals surface area contributed by atoms with Gasteiger partial charge in [-0.25, -0.2) is 13.1 Å². The molecule has 0 aliphatic heterocycles. The molecule has 84 valence electrons. The van der Waals surface area contributed by atoms with E-state index in [1.165, 1.54) is 0 Å². The normalized spacial score (nSPS) is 14.3. The van der Waals surface area contributed by atoms with Gasteiger partial charge < -0.3 is 5.73 Å². The Balaban J connectivity index is 4.41. The second kappa shape index (κ2) is 5.63. The van der Waals surface area contributed by atoms with Crippen molar-refractivity contribution in [2.45, 2.75) is 33.2 Å². The minimum atomic E-state index is -3.25. The summed E-state index contributed by atoms with van der Waals surface area (Å²) in [6.07, 6.45) is 0.576. The van der Waals surface area contributed by atoms with E-state index in [-0.39, 0.29) is 16.7 Å². The van der Waals surface area contributed by atoms with Gasteiger partial charge in [0.2, 0.25) is 10.0 Å². The summed E-state index contributed by atoms with van der Waals surface area (Å²) in [5.74, 6) is 0.197. The Morgan fingerprint density at radius 1 is 1.50 bits per heavy atom. The third kappa shape index (κ3) is 5.51. The van der Waals surface area contributed by atoms with Crippen molar-refractivity contribution in [3.63, 3.8) is 0 Å². The predicted octanol–water partition coefficient (Wildman–Crippen LogP) is 0.626. The van der Waals surface area contributed by atoms with Crippen molar-refractivity contribution in [1.29, 1.82) is 0 Å². The Hall–Kier alpha value is -0.200. The molecule has 0 aromatic carbocycles. The average molecular weight is 238 g/mol. The minimum Gasteiger partial charge on any atom is -0.392 e. The number of thiocarbonyl (C=S) groups is 1. The van der Waals surface area contributed by atoms with Crippen molar-refractivity contribution in [3.8, 4) is 0 Å². The molecule has 0 amide bonds. The third-order valence-electron chi connectivity index (χ3n) is 1.63. The molecule has 0 fully saturated rings. The lowest BCUT2D eigenvalue weighted by atomic mass is 10.2. The molecule has 0 aliphatic carbocycles. The van der Waals surface area contributed by atoms with E-state index in [4.69, 9.17) is 18.0 Å². The van der Waals surface area contributed by atoms with Gasteiger partial charge in [0.15, 0.2) is 0 Å². The standard InChI is InChI=1S/C8H18N2O2S2/c1-4-7(8(9)13)10-14(11,12)5-6(2)3/h6-7,10H,4-5H2,1-3H3,(H2,9,13). The van der Waals surface area contributed by atoms with Gasteiger partial charge in [-0.15, -0.1) is 0 Å². The van der Waals surface area contributed by atoms with E-state index in [0.29, 0.717) is 6.42 Å². The van der Waals surface area contributed by atoms with Gasteiger partial charge >= 0.3 is 0 Å². The van der Waals surface area contributed by atoms with Crippen LogP contribution < -0.4 is 10.5 Å². The largest absolute Gasteiger partial charge is 0.392 e. The Labute approximate surface area is 91.3 Å². The maximum Gasteiger partial charge on any atom is 0.212 e. The zero-order valence-electron chi connectivity index (χ0n) is 8.78. The van der Waals surface area contributed by atoms with Crippen molar-refractivity contribution in [2.75, 3.05) is 5.75 Å². The zero-order valence-corrected chi connectivity index (χ0v) is 10.4. The molecule has 0 bridgehead atoms. The van der Waals surface area contributed by atoms with E-state index in [9.17, 15) is 8.42 Å². The van der Waals surface area contributed by atoms with Gasteiger partial charge in [0.25, 0.3) is 0 Å². The molecular formula is C8H18N2O2S2. The SMILES string of the molecule is CCC(NS(=O)(=O)CC(C)C)C(N)=S. The predicted molar refractivity (Wildman–Crippen MR) is 62.6 cm³/mol. The lowest BCUT2D eigenvalue weighted by Gasteiger charge is -2.16. The molecule has 0 aromatic heterocycles. The highest BCUT2D eigenvalue weighted by atomic mass is 32.2. The van der Waals surface area contributed by atoms with E-state index < -0.39 is 16.1 Å². The highest BCUT2D eigenvalue weighted by molar-refractivity contribution is 7.89. The fourth-order valence-corrected chi connectivity index (χ4v) is 3.05. The van der Waals surface area contributed by atoms with Gasteiger partial charge in [0.1, 0.15) is 0 Å². The molecule has 3 N–H and O–H groups in total. The van der Waals surface area contributed by atoms with Gasteiger partial charge in [-0.2, -0.15) is 0 Å². The molecule has 1 atom stereocenters. The Morgan fingerprint density at radius 2 is 2.00 bits per heavy atom. The van der Waals surface area contributed by atoms with Crippen LogP contribution in [-0.2, 0) is 10.0 Å². The lowest BCUT2D eigenvalue weighted by Crippen LogP contribution is -2.44. The molecule has 0 spiro atoms. The molecule has 0 aliphatic rings. The van der Waals surface area contributed by atoms with Crippen LogP contribution in [-0.4, -0.2) is 25.2 Å². The summed E-state index contributed by atoms with van der Waals surface area (Å²) in [5, 5.41) is 0. The van der Waals surface area contributed by atoms with Gasteiger partial charge in [-0.05, 0) is 12.3 Å². The molecule has 1 unspecified atom stereocenters. The summed E-state index contributed by atoms with van der Waals surface area (Å²) < 4.78 is 25.5. The minimum absolute atomic E-state index is 0.0938. The van der Waals surface area contributed by atoms with Crippen molar-refractivity contribution in [2.24, 2.45) is 11.7 Å². The molecule has 4 nitrogen and oxygen atoms in total. The summed E-state index contributed by atoms with van der Waals surface area (Å²) in [4.78, 5) is 0.194. The van der Waals surface area contributed by atoms with Gasteiger partial charge in [-0.1, -0.05) is 33.0 Å².